The van der Waals surface area contributed by atoms with E-state index in [1.165, 1.54) is 13.0 Å². The van der Waals surface area contributed by atoms with Crippen molar-refractivity contribution in [2.75, 3.05) is 32.8 Å². The Kier molecular flexibility index (Phi) is 3.85. The number of ether oxygens (including phenoxy) is 1. The first-order valence-electron chi connectivity index (χ1n) is 6.37. The lowest BCUT2D eigenvalue weighted by atomic mass is 10.0. The van der Waals surface area contributed by atoms with Crippen LogP contribution in [-0.4, -0.2) is 60.5 Å². The fourth-order valence-corrected chi connectivity index (χ4v) is 2.49. The Morgan fingerprint density at radius 3 is 2.94 bits per heavy atom. The maximum Gasteiger partial charge on any atom is 0.102 e. The quantitative estimate of drug-likeness (QED) is 0.722. The van der Waals surface area contributed by atoms with E-state index in [9.17, 15) is 5.11 Å². The Morgan fingerprint density at radius 2 is 2.38 bits per heavy atom. The molecule has 4 heteroatoms. The number of nitrogens with zero attached hydrogens (tertiary/aromatic N) is 1. The van der Waals surface area contributed by atoms with E-state index < -0.39 is 5.60 Å². The van der Waals surface area contributed by atoms with Gasteiger partial charge in [-0.2, -0.15) is 0 Å². The second kappa shape index (κ2) is 5.00. The van der Waals surface area contributed by atoms with Crippen molar-refractivity contribution in [3.8, 4) is 0 Å². The molecule has 2 N–H and O–H groups in total. The zero-order valence-corrected chi connectivity index (χ0v) is 10.4. The van der Waals surface area contributed by atoms with Gasteiger partial charge >= 0.3 is 0 Å². The summed E-state index contributed by atoms with van der Waals surface area (Å²) < 4.78 is 5.23. The van der Waals surface area contributed by atoms with Gasteiger partial charge in [-0.25, -0.2) is 0 Å². The summed E-state index contributed by atoms with van der Waals surface area (Å²) in [5, 5.41) is 13.6. The summed E-state index contributed by atoms with van der Waals surface area (Å²) in [6.45, 7) is 8.60. The van der Waals surface area contributed by atoms with E-state index in [1.807, 2.05) is 0 Å². The summed E-state index contributed by atoms with van der Waals surface area (Å²) in [7, 11) is 0. The van der Waals surface area contributed by atoms with Crippen LogP contribution in [0.5, 0.6) is 0 Å². The van der Waals surface area contributed by atoms with E-state index in [0.29, 0.717) is 31.8 Å². The third kappa shape index (κ3) is 2.94. The van der Waals surface area contributed by atoms with Crippen molar-refractivity contribution in [1.82, 2.24) is 10.2 Å². The molecule has 2 heterocycles. The van der Waals surface area contributed by atoms with Gasteiger partial charge in [-0.1, -0.05) is 0 Å². The molecule has 0 aromatic carbocycles. The Morgan fingerprint density at radius 1 is 1.56 bits per heavy atom. The van der Waals surface area contributed by atoms with Gasteiger partial charge in [-0.15, -0.1) is 0 Å². The zero-order valence-electron chi connectivity index (χ0n) is 10.4. The van der Waals surface area contributed by atoms with Crippen LogP contribution in [0.1, 0.15) is 26.7 Å². The van der Waals surface area contributed by atoms with Gasteiger partial charge in [0, 0.05) is 38.2 Å². The fourth-order valence-electron chi connectivity index (χ4n) is 2.49. The summed E-state index contributed by atoms with van der Waals surface area (Å²) in [6, 6.07) is 1.16. The molecule has 2 fully saturated rings. The smallest absolute Gasteiger partial charge is 0.102 e. The van der Waals surface area contributed by atoms with Gasteiger partial charge in [-0.3, -0.25) is 4.90 Å². The van der Waals surface area contributed by atoms with E-state index in [1.54, 1.807) is 0 Å². The van der Waals surface area contributed by atoms with Crippen LogP contribution in [0, 0.1) is 0 Å². The van der Waals surface area contributed by atoms with Gasteiger partial charge in [0.15, 0.2) is 0 Å². The topological polar surface area (TPSA) is 44.7 Å². The van der Waals surface area contributed by atoms with Crippen molar-refractivity contribution in [2.45, 2.75) is 44.4 Å². The number of hydrogen-bond donors (Lipinski definition) is 2. The van der Waals surface area contributed by atoms with Crippen molar-refractivity contribution >= 4 is 0 Å². The molecule has 0 aromatic rings. The summed E-state index contributed by atoms with van der Waals surface area (Å²) in [6.07, 6.45) is 1.95. The monoisotopic (exact) mass is 228 g/mol. The summed E-state index contributed by atoms with van der Waals surface area (Å²) in [4.78, 5) is 2.48. The molecule has 0 spiro atoms. The van der Waals surface area contributed by atoms with Crippen molar-refractivity contribution < 1.29 is 9.84 Å². The van der Waals surface area contributed by atoms with Crippen LogP contribution in [0.25, 0.3) is 0 Å². The molecule has 94 valence electrons. The maximum absolute atomic E-state index is 10.1. The van der Waals surface area contributed by atoms with Crippen molar-refractivity contribution in [1.29, 1.82) is 0 Å². The van der Waals surface area contributed by atoms with E-state index >= 15 is 0 Å². The molecule has 0 aliphatic carbocycles. The summed E-state index contributed by atoms with van der Waals surface area (Å²) >= 11 is 0. The molecule has 2 atom stereocenters. The van der Waals surface area contributed by atoms with Crippen molar-refractivity contribution in [2.24, 2.45) is 0 Å². The highest BCUT2D eigenvalue weighted by Crippen LogP contribution is 2.18. The number of likely N-dealkylation sites (tertiary alicyclic amines) is 1. The molecule has 0 amide bonds. The average Bonchev–Trinajstić information content (AvgIpc) is 2.84. The normalized spacial score (nSPS) is 36.4. The molecule has 0 bridgehead atoms. The summed E-state index contributed by atoms with van der Waals surface area (Å²) in [5.74, 6) is 0. The minimum atomic E-state index is -0.620. The molecule has 0 aromatic heterocycles. The molecular weight excluding hydrogens is 204 g/mol. The molecule has 2 unspecified atom stereocenters. The van der Waals surface area contributed by atoms with E-state index in [0.717, 1.165) is 13.0 Å². The van der Waals surface area contributed by atoms with Crippen LogP contribution >= 0.6 is 0 Å². The van der Waals surface area contributed by atoms with Crippen LogP contribution in [0.3, 0.4) is 0 Å². The fraction of sp³-hybridized carbons (Fsp3) is 1.00. The molecule has 16 heavy (non-hydrogen) atoms. The number of nitrogens with one attached hydrogen (secondary N) is 1. The zero-order chi connectivity index (χ0) is 11.6. The number of hydrogen-bond acceptors (Lipinski definition) is 4. The molecular formula is C12H24N2O2. The van der Waals surface area contributed by atoms with Crippen LogP contribution in [0.15, 0.2) is 0 Å². The van der Waals surface area contributed by atoms with Gasteiger partial charge in [0.2, 0.25) is 0 Å². The Balaban J connectivity index is 1.71. The van der Waals surface area contributed by atoms with E-state index in [2.05, 4.69) is 24.1 Å². The van der Waals surface area contributed by atoms with E-state index in [4.69, 9.17) is 4.74 Å². The van der Waals surface area contributed by atoms with Gasteiger partial charge in [0.25, 0.3) is 0 Å². The predicted octanol–water partition coefficient (Wildman–Crippen LogP) is 0.210. The van der Waals surface area contributed by atoms with E-state index in [-0.39, 0.29) is 0 Å². The third-order valence-electron chi connectivity index (χ3n) is 3.75. The highest BCUT2D eigenvalue weighted by Gasteiger charge is 2.33. The Hall–Kier alpha value is -0.160. The number of rotatable bonds is 4. The molecule has 2 rings (SSSR count). The molecule has 0 radical (unpaired) electrons. The largest absolute Gasteiger partial charge is 0.386 e. The Labute approximate surface area is 98.0 Å². The van der Waals surface area contributed by atoms with Gasteiger partial charge in [0.05, 0.1) is 6.61 Å². The average molecular weight is 228 g/mol. The standard InChI is InChI=1S/C12H24N2O2/c1-10(2)14-5-3-11(7-14)13-8-12(15)4-6-16-9-12/h10-11,13,15H,3-9H2,1-2H3. The van der Waals surface area contributed by atoms with Crippen molar-refractivity contribution in [3.63, 3.8) is 0 Å². The minimum absolute atomic E-state index is 0.487. The third-order valence-corrected chi connectivity index (χ3v) is 3.75. The molecule has 2 aliphatic heterocycles. The first-order chi connectivity index (χ1) is 7.59. The van der Waals surface area contributed by atoms with Gasteiger partial charge in [0.1, 0.15) is 5.60 Å². The highest BCUT2D eigenvalue weighted by atomic mass is 16.5. The SMILES string of the molecule is CC(C)N1CCC(NCC2(O)CCOC2)C1. The first kappa shape index (κ1) is 12.3. The Bertz CT molecular complexity index is 227. The highest BCUT2D eigenvalue weighted by molar-refractivity contribution is 4.89. The van der Waals surface area contributed by atoms with Crippen LogP contribution in [-0.2, 0) is 4.74 Å². The molecule has 2 aliphatic rings. The van der Waals surface area contributed by atoms with Crippen LogP contribution in [0.2, 0.25) is 0 Å². The van der Waals surface area contributed by atoms with Crippen LogP contribution in [0.4, 0.5) is 0 Å². The maximum atomic E-state index is 10.1. The van der Waals surface area contributed by atoms with Gasteiger partial charge < -0.3 is 15.2 Å². The lowest BCUT2D eigenvalue weighted by Crippen LogP contribution is -2.46. The summed E-state index contributed by atoms with van der Waals surface area (Å²) in [5.41, 5.74) is -0.620. The molecule has 2 saturated heterocycles. The number of aliphatic hydroxyl groups is 1. The van der Waals surface area contributed by atoms with Crippen molar-refractivity contribution in [3.05, 3.63) is 0 Å². The predicted molar refractivity (Wildman–Crippen MR) is 63.5 cm³/mol. The van der Waals surface area contributed by atoms with Crippen LogP contribution < -0.4 is 5.32 Å². The second-order valence-corrected chi connectivity index (χ2v) is 5.48. The van der Waals surface area contributed by atoms with Gasteiger partial charge in [-0.05, 0) is 26.8 Å². The molecule has 0 saturated carbocycles. The molecule has 4 nitrogen and oxygen atoms in total. The second-order valence-electron chi connectivity index (χ2n) is 5.48. The lowest BCUT2D eigenvalue weighted by Gasteiger charge is -2.24. The minimum Gasteiger partial charge on any atom is -0.386 e. The first-order valence-corrected chi connectivity index (χ1v) is 6.37. The lowest BCUT2D eigenvalue weighted by molar-refractivity contribution is 0.0249.